The summed E-state index contributed by atoms with van der Waals surface area (Å²) < 4.78 is 10.4. The topological polar surface area (TPSA) is 119 Å². The average Bonchev–Trinajstić information content (AvgIpc) is 3.15. The lowest BCUT2D eigenvalue weighted by Crippen LogP contribution is -1.94. The average molecular weight is 329 g/mol. The predicted molar refractivity (Wildman–Crippen MR) is 86.6 cm³/mol. The van der Waals surface area contributed by atoms with Crippen LogP contribution < -0.4 is 0 Å². The maximum Gasteiger partial charge on any atom is 0.433 e. The number of H-pyrrole nitrogens is 1. The Labute approximate surface area is 136 Å². The van der Waals surface area contributed by atoms with Gasteiger partial charge in [0.1, 0.15) is 4.92 Å². The summed E-state index contributed by atoms with van der Waals surface area (Å²) in [7, 11) is 1.61. The van der Waals surface area contributed by atoms with Gasteiger partial charge in [0.15, 0.2) is 17.2 Å². The number of furan rings is 1. The van der Waals surface area contributed by atoms with Crippen molar-refractivity contribution in [2.75, 3.05) is 7.11 Å². The molecule has 0 unspecified atom stereocenters. The van der Waals surface area contributed by atoms with E-state index >= 15 is 0 Å². The Bertz CT molecular complexity index is 941. The van der Waals surface area contributed by atoms with Gasteiger partial charge < -0.3 is 9.15 Å². The molecule has 124 valence electrons. The van der Waals surface area contributed by atoms with Crippen molar-refractivity contribution in [3.05, 3.63) is 45.3 Å². The summed E-state index contributed by atoms with van der Waals surface area (Å²) in [6.45, 7) is 3.98. The first-order valence-corrected chi connectivity index (χ1v) is 7.13. The van der Waals surface area contributed by atoms with E-state index in [1.54, 1.807) is 14.0 Å². The zero-order valence-corrected chi connectivity index (χ0v) is 13.4. The van der Waals surface area contributed by atoms with Crippen molar-refractivity contribution in [2.24, 2.45) is 4.99 Å². The van der Waals surface area contributed by atoms with Crippen LogP contribution in [0.4, 0.5) is 11.7 Å². The van der Waals surface area contributed by atoms with Gasteiger partial charge in [-0.15, -0.1) is 0 Å². The standard InChI is InChI=1S/C15H15N5O4/c1-8-6-10(7-23-3)13-14(16-8)18-19-15(13)17-9(2)11-4-5-12(24-11)20(21)22/h4-6H,7H2,1-3H3,(H,16,18,19). The Balaban J connectivity index is 2.06. The van der Waals surface area contributed by atoms with Crippen LogP contribution in [0.2, 0.25) is 0 Å². The number of methoxy groups -OCH3 is 1. The predicted octanol–water partition coefficient (Wildman–Crippen LogP) is 3.05. The number of aryl methyl sites for hydroxylation is 1. The van der Waals surface area contributed by atoms with Crippen LogP contribution in [0.25, 0.3) is 11.0 Å². The molecule has 0 aliphatic rings. The molecule has 0 saturated heterocycles. The van der Waals surface area contributed by atoms with Crippen molar-refractivity contribution in [3.8, 4) is 0 Å². The molecular formula is C15H15N5O4. The molecule has 0 spiro atoms. The van der Waals surface area contributed by atoms with Crippen LogP contribution in [0.3, 0.4) is 0 Å². The molecule has 3 rings (SSSR count). The molecule has 0 aromatic carbocycles. The normalized spacial score (nSPS) is 12.0. The number of aliphatic imine (C=N–C) groups is 1. The van der Waals surface area contributed by atoms with Gasteiger partial charge in [0.05, 0.1) is 23.8 Å². The largest absolute Gasteiger partial charge is 0.433 e. The SMILES string of the molecule is COCc1cc(C)nc2[nH]nc(N=C(C)c3ccc([N+](=O)[O-])o3)c12. The Morgan fingerprint density at radius 2 is 2.29 bits per heavy atom. The van der Waals surface area contributed by atoms with E-state index in [0.29, 0.717) is 29.5 Å². The second-order valence-corrected chi connectivity index (χ2v) is 5.22. The number of aromatic amines is 1. The summed E-state index contributed by atoms with van der Waals surface area (Å²) in [6, 6.07) is 4.70. The molecule has 0 atom stereocenters. The smallest absolute Gasteiger partial charge is 0.399 e. The zero-order chi connectivity index (χ0) is 17.3. The third-order valence-corrected chi connectivity index (χ3v) is 3.42. The van der Waals surface area contributed by atoms with Gasteiger partial charge in [-0.05, 0) is 31.5 Å². The zero-order valence-electron chi connectivity index (χ0n) is 13.4. The van der Waals surface area contributed by atoms with Crippen molar-refractivity contribution in [2.45, 2.75) is 20.5 Å². The highest BCUT2D eigenvalue weighted by Crippen LogP contribution is 2.28. The third-order valence-electron chi connectivity index (χ3n) is 3.42. The number of aromatic nitrogens is 3. The van der Waals surface area contributed by atoms with E-state index in [9.17, 15) is 10.1 Å². The summed E-state index contributed by atoms with van der Waals surface area (Å²) in [5, 5.41) is 18.5. The quantitative estimate of drug-likeness (QED) is 0.436. The van der Waals surface area contributed by atoms with Gasteiger partial charge >= 0.3 is 5.88 Å². The van der Waals surface area contributed by atoms with E-state index in [2.05, 4.69) is 20.2 Å². The van der Waals surface area contributed by atoms with Crippen molar-refractivity contribution >= 4 is 28.4 Å². The second kappa shape index (κ2) is 6.20. The molecule has 24 heavy (non-hydrogen) atoms. The van der Waals surface area contributed by atoms with E-state index in [-0.39, 0.29) is 5.88 Å². The van der Waals surface area contributed by atoms with Crippen molar-refractivity contribution in [3.63, 3.8) is 0 Å². The number of ether oxygens (including phenoxy) is 1. The minimum Gasteiger partial charge on any atom is -0.399 e. The number of hydrogen-bond donors (Lipinski definition) is 1. The van der Waals surface area contributed by atoms with E-state index in [4.69, 9.17) is 9.15 Å². The van der Waals surface area contributed by atoms with E-state index in [1.807, 2.05) is 13.0 Å². The summed E-state index contributed by atoms with van der Waals surface area (Å²) in [5.74, 6) is 0.413. The second-order valence-electron chi connectivity index (χ2n) is 5.22. The molecule has 0 aliphatic heterocycles. The van der Waals surface area contributed by atoms with E-state index in [0.717, 1.165) is 16.6 Å². The number of nitrogens with one attached hydrogen (secondary N) is 1. The number of pyridine rings is 1. The molecule has 0 saturated carbocycles. The molecule has 3 aromatic heterocycles. The van der Waals surface area contributed by atoms with Crippen LogP contribution in [0.5, 0.6) is 0 Å². The van der Waals surface area contributed by atoms with Crippen LogP contribution >= 0.6 is 0 Å². The Kier molecular flexibility index (Phi) is 4.09. The molecule has 9 nitrogen and oxygen atoms in total. The first-order chi connectivity index (χ1) is 11.5. The maximum atomic E-state index is 10.7. The van der Waals surface area contributed by atoms with Gasteiger partial charge in [0.25, 0.3) is 0 Å². The Morgan fingerprint density at radius 1 is 1.50 bits per heavy atom. The number of nitrogens with zero attached hydrogens (tertiary/aromatic N) is 4. The highest BCUT2D eigenvalue weighted by atomic mass is 16.6. The maximum absolute atomic E-state index is 10.7. The van der Waals surface area contributed by atoms with Gasteiger partial charge in [-0.25, -0.2) is 9.98 Å². The van der Waals surface area contributed by atoms with Crippen LogP contribution in [-0.4, -0.2) is 32.9 Å². The lowest BCUT2D eigenvalue weighted by atomic mass is 10.1. The first kappa shape index (κ1) is 15.8. The highest BCUT2D eigenvalue weighted by molar-refractivity contribution is 6.00. The highest BCUT2D eigenvalue weighted by Gasteiger charge is 2.16. The van der Waals surface area contributed by atoms with Crippen molar-refractivity contribution < 1.29 is 14.1 Å². The molecule has 1 N–H and O–H groups in total. The molecule has 0 bridgehead atoms. The molecule has 0 radical (unpaired) electrons. The molecular weight excluding hydrogens is 314 g/mol. The minimum atomic E-state index is -0.593. The van der Waals surface area contributed by atoms with E-state index < -0.39 is 4.92 Å². The van der Waals surface area contributed by atoms with Gasteiger partial charge in [-0.1, -0.05) is 0 Å². The fourth-order valence-corrected chi connectivity index (χ4v) is 2.42. The summed E-state index contributed by atoms with van der Waals surface area (Å²) in [6.07, 6.45) is 0. The van der Waals surface area contributed by atoms with Gasteiger partial charge in [0, 0.05) is 12.8 Å². The molecule has 9 heteroatoms. The minimum absolute atomic E-state index is 0.311. The Hall–Kier alpha value is -3.07. The number of hydrogen-bond acceptors (Lipinski definition) is 7. The molecule has 0 amide bonds. The van der Waals surface area contributed by atoms with Crippen LogP contribution in [0.15, 0.2) is 27.6 Å². The van der Waals surface area contributed by atoms with Crippen LogP contribution in [0, 0.1) is 17.0 Å². The molecule has 3 aromatic rings. The number of rotatable bonds is 5. The molecule has 0 fully saturated rings. The molecule has 0 aliphatic carbocycles. The summed E-state index contributed by atoms with van der Waals surface area (Å²) >= 11 is 0. The fraction of sp³-hybridized carbons (Fsp3) is 0.267. The summed E-state index contributed by atoms with van der Waals surface area (Å²) in [4.78, 5) is 18.9. The first-order valence-electron chi connectivity index (χ1n) is 7.13. The summed E-state index contributed by atoms with van der Waals surface area (Å²) in [5.41, 5.74) is 2.83. The third kappa shape index (κ3) is 2.88. The lowest BCUT2D eigenvalue weighted by Gasteiger charge is -2.03. The van der Waals surface area contributed by atoms with Crippen LogP contribution in [0.1, 0.15) is 23.9 Å². The Morgan fingerprint density at radius 3 is 2.96 bits per heavy atom. The molecule has 3 heterocycles. The fourth-order valence-electron chi connectivity index (χ4n) is 2.42. The van der Waals surface area contributed by atoms with Crippen molar-refractivity contribution in [1.29, 1.82) is 0 Å². The lowest BCUT2D eigenvalue weighted by molar-refractivity contribution is -0.402. The van der Waals surface area contributed by atoms with Gasteiger partial charge in [0.2, 0.25) is 0 Å². The number of fused-ring (bicyclic) bond motifs is 1. The van der Waals surface area contributed by atoms with Gasteiger partial charge in [-0.2, -0.15) is 5.10 Å². The van der Waals surface area contributed by atoms with Crippen molar-refractivity contribution in [1.82, 2.24) is 15.2 Å². The van der Waals surface area contributed by atoms with E-state index in [1.165, 1.54) is 12.1 Å². The van der Waals surface area contributed by atoms with Gasteiger partial charge in [-0.3, -0.25) is 15.2 Å². The monoisotopic (exact) mass is 329 g/mol. The van der Waals surface area contributed by atoms with Crippen LogP contribution in [-0.2, 0) is 11.3 Å². The number of nitro groups is 1.